The molecule has 3 N–H and O–H groups in total. The van der Waals surface area contributed by atoms with Gasteiger partial charge >= 0.3 is 11.8 Å². The number of hydrogen-bond donors (Lipinski definition) is 3. The molecule has 0 aliphatic rings. The zero-order chi connectivity index (χ0) is 27.3. The highest BCUT2D eigenvalue weighted by Gasteiger charge is 2.25. The van der Waals surface area contributed by atoms with Crippen molar-refractivity contribution in [3.63, 3.8) is 0 Å². The van der Waals surface area contributed by atoms with Crippen LogP contribution in [0.4, 0.5) is 11.4 Å². The fourth-order valence-corrected chi connectivity index (χ4v) is 4.31. The summed E-state index contributed by atoms with van der Waals surface area (Å²) in [6.07, 6.45) is 3.32. The third-order valence-electron chi connectivity index (χ3n) is 5.53. The molecule has 0 unspecified atom stereocenters. The molecule has 0 bridgehead atoms. The van der Waals surface area contributed by atoms with Gasteiger partial charge in [-0.2, -0.15) is 0 Å². The molecule has 0 saturated carbocycles. The highest BCUT2D eigenvalue weighted by atomic mass is 32.1. The van der Waals surface area contributed by atoms with Crippen LogP contribution in [0, 0.1) is 6.92 Å². The number of oxazole rings is 1. The summed E-state index contributed by atoms with van der Waals surface area (Å²) in [6.45, 7) is 5.37. The molecule has 0 saturated heterocycles. The summed E-state index contributed by atoms with van der Waals surface area (Å²) in [4.78, 5) is 41.9. The van der Waals surface area contributed by atoms with Gasteiger partial charge in [-0.3, -0.25) is 14.4 Å². The van der Waals surface area contributed by atoms with Crippen molar-refractivity contribution in [1.29, 1.82) is 0 Å². The van der Waals surface area contributed by atoms with Crippen LogP contribution in [0.3, 0.4) is 0 Å². The number of methoxy groups -OCH3 is 1. The monoisotopic (exact) mass is 534 g/mol. The molecule has 2 aromatic heterocycles. The van der Waals surface area contributed by atoms with Crippen molar-refractivity contribution < 1.29 is 23.5 Å². The number of anilines is 2. The maximum Gasteiger partial charge on any atom is 0.313 e. The summed E-state index contributed by atoms with van der Waals surface area (Å²) in [5.74, 6) is -0.876. The van der Waals surface area contributed by atoms with Crippen molar-refractivity contribution in [2.24, 2.45) is 0 Å². The number of aromatic nitrogens is 3. The van der Waals surface area contributed by atoms with E-state index in [0.717, 1.165) is 17.1 Å². The molecule has 0 atom stereocenters. The first-order chi connectivity index (χ1) is 18.1. The number of nitrogens with zero attached hydrogens (tertiary/aromatic N) is 3. The molecular formula is C26H26N6O5S. The first-order valence-corrected chi connectivity index (χ1v) is 12.3. The minimum absolute atomic E-state index is 0.269. The highest BCUT2D eigenvalue weighted by Crippen LogP contribution is 2.32. The molecule has 0 aliphatic heterocycles. The lowest BCUT2D eigenvalue weighted by Gasteiger charge is -2.26. The zero-order valence-electron chi connectivity index (χ0n) is 21.2. The van der Waals surface area contributed by atoms with Crippen molar-refractivity contribution in [2.75, 3.05) is 17.7 Å². The second kappa shape index (κ2) is 11.2. The Morgan fingerprint density at radius 2 is 1.76 bits per heavy atom. The predicted octanol–water partition coefficient (Wildman–Crippen LogP) is 3.84. The molecule has 0 aliphatic carbocycles. The summed E-state index contributed by atoms with van der Waals surface area (Å²) >= 11 is 1.04. The summed E-state index contributed by atoms with van der Waals surface area (Å²) < 4.78 is 14.5. The van der Waals surface area contributed by atoms with Crippen LogP contribution in [0.5, 0.6) is 5.75 Å². The predicted molar refractivity (Wildman–Crippen MR) is 142 cm³/mol. The van der Waals surface area contributed by atoms with Gasteiger partial charge in [0, 0.05) is 23.0 Å². The molecule has 2 heterocycles. The van der Waals surface area contributed by atoms with Crippen LogP contribution in [-0.2, 0) is 16.0 Å². The molecule has 0 spiro atoms. The van der Waals surface area contributed by atoms with Gasteiger partial charge in [0.2, 0.25) is 0 Å². The van der Waals surface area contributed by atoms with E-state index in [2.05, 4.69) is 30.5 Å². The number of hydrogen-bond acceptors (Lipinski definition) is 9. The number of ether oxygens (including phenoxy) is 1. The van der Waals surface area contributed by atoms with Crippen molar-refractivity contribution in [1.82, 2.24) is 19.9 Å². The Balaban J connectivity index is 1.33. The number of amides is 3. The quantitative estimate of drug-likeness (QED) is 0.289. The summed E-state index contributed by atoms with van der Waals surface area (Å²) in [5.41, 5.74) is 2.45. The van der Waals surface area contributed by atoms with Gasteiger partial charge in [0.15, 0.2) is 12.2 Å². The summed E-state index contributed by atoms with van der Waals surface area (Å²) in [5, 5.41) is 12.0. The first kappa shape index (κ1) is 26.5. The number of nitrogens with one attached hydrogen (secondary N) is 3. The molecule has 196 valence electrons. The average molecular weight is 535 g/mol. The van der Waals surface area contributed by atoms with Crippen LogP contribution in [0.25, 0.3) is 11.3 Å². The van der Waals surface area contributed by atoms with Gasteiger partial charge in [0.1, 0.15) is 10.6 Å². The fraction of sp³-hybridized carbons (Fsp3) is 0.231. The Bertz CT molecular complexity index is 1450. The number of carbonyl (C=O) groups excluding carboxylic acids is 3. The van der Waals surface area contributed by atoms with Crippen molar-refractivity contribution in [3.8, 4) is 17.1 Å². The number of carbonyl (C=O) groups is 3. The van der Waals surface area contributed by atoms with Crippen LogP contribution < -0.4 is 20.7 Å². The number of benzene rings is 2. The maximum absolute atomic E-state index is 12.6. The van der Waals surface area contributed by atoms with Crippen LogP contribution in [0.15, 0.2) is 59.5 Å². The second-order valence-electron chi connectivity index (χ2n) is 9.09. The summed E-state index contributed by atoms with van der Waals surface area (Å²) in [6, 6.07) is 12.2. The van der Waals surface area contributed by atoms with Gasteiger partial charge in [-0.15, -0.1) is 5.10 Å². The van der Waals surface area contributed by atoms with Gasteiger partial charge in [0.05, 0.1) is 24.6 Å². The van der Waals surface area contributed by atoms with Gasteiger partial charge < -0.3 is 25.1 Å². The largest absolute Gasteiger partial charge is 0.496 e. The Kier molecular flexibility index (Phi) is 7.82. The van der Waals surface area contributed by atoms with Gasteiger partial charge in [-0.05, 0) is 68.6 Å². The molecule has 4 aromatic rings. The molecular weight excluding hydrogens is 508 g/mol. The lowest BCUT2D eigenvalue weighted by atomic mass is 9.94. The molecule has 4 rings (SSSR count). The van der Waals surface area contributed by atoms with E-state index in [1.54, 1.807) is 43.5 Å². The number of aryl methyl sites for hydroxylation is 1. The van der Waals surface area contributed by atoms with Crippen LogP contribution >= 0.6 is 11.5 Å². The Hall–Kier alpha value is -4.58. The first-order valence-electron chi connectivity index (χ1n) is 11.5. The van der Waals surface area contributed by atoms with E-state index < -0.39 is 17.4 Å². The van der Waals surface area contributed by atoms with E-state index in [-0.39, 0.29) is 5.91 Å². The SMILES string of the molecule is COc1cc(NC(=O)C(=O)NC(C)(C)Cc2ccc(NC(=O)c3snnc3C)cc2)ccc1-c1cnco1. The molecule has 3 amide bonds. The van der Waals surface area contributed by atoms with Crippen LogP contribution in [-0.4, -0.2) is 44.9 Å². The van der Waals surface area contributed by atoms with E-state index >= 15 is 0 Å². The van der Waals surface area contributed by atoms with E-state index in [1.165, 1.54) is 13.5 Å². The summed E-state index contributed by atoms with van der Waals surface area (Å²) in [7, 11) is 1.50. The van der Waals surface area contributed by atoms with Crippen LogP contribution in [0.1, 0.15) is 34.8 Å². The minimum Gasteiger partial charge on any atom is -0.496 e. The molecule has 0 fully saturated rings. The average Bonchev–Trinajstić information content (AvgIpc) is 3.56. The highest BCUT2D eigenvalue weighted by molar-refractivity contribution is 7.08. The van der Waals surface area contributed by atoms with Gasteiger partial charge in [-0.25, -0.2) is 4.98 Å². The molecule has 11 nitrogen and oxygen atoms in total. The zero-order valence-corrected chi connectivity index (χ0v) is 22.0. The third-order valence-corrected chi connectivity index (χ3v) is 6.36. The molecule has 2 aromatic carbocycles. The Labute approximate surface area is 222 Å². The fourth-order valence-electron chi connectivity index (χ4n) is 3.76. The second-order valence-corrected chi connectivity index (χ2v) is 9.84. The van der Waals surface area contributed by atoms with Crippen LogP contribution in [0.2, 0.25) is 0 Å². The topological polar surface area (TPSA) is 148 Å². The van der Waals surface area contributed by atoms with Gasteiger partial charge in [0.25, 0.3) is 5.91 Å². The number of rotatable bonds is 8. The molecule has 12 heteroatoms. The normalized spacial score (nSPS) is 11.1. The molecule has 0 radical (unpaired) electrons. The third kappa shape index (κ3) is 6.40. The van der Waals surface area contributed by atoms with E-state index in [1.807, 2.05) is 26.0 Å². The van der Waals surface area contributed by atoms with E-state index in [4.69, 9.17) is 9.15 Å². The lowest BCUT2D eigenvalue weighted by Crippen LogP contribution is -2.49. The smallest absolute Gasteiger partial charge is 0.313 e. The van der Waals surface area contributed by atoms with Gasteiger partial charge in [-0.1, -0.05) is 16.6 Å². The Morgan fingerprint density at radius 3 is 2.39 bits per heavy atom. The lowest BCUT2D eigenvalue weighted by molar-refractivity contribution is -0.137. The van der Waals surface area contributed by atoms with Crippen molar-refractivity contribution >= 4 is 40.6 Å². The van der Waals surface area contributed by atoms with Crippen molar-refractivity contribution in [2.45, 2.75) is 32.7 Å². The van der Waals surface area contributed by atoms with Crippen molar-refractivity contribution in [3.05, 3.63) is 71.2 Å². The molecule has 38 heavy (non-hydrogen) atoms. The van der Waals surface area contributed by atoms with E-state index in [0.29, 0.717) is 45.4 Å². The Morgan fingerprint density at radius 1 is 1.03 bits per heavy atom. The standard InChI is InChI=1S/C26H26N6O5S/c1-15-22(38-32-31-15)23(33)28-17-7-5-16(6-8-17)12-26(2,3)30-25(35)24(34)29-18-9-10-19(20(11-18)36-4)21-13-27-14-37-21/h5-11,13-14H,12H2,1-4H3,(H,28,33)(H,29,34)(H,30,35). The van der Waals surface area contributed by atoms with E-state index in [9.17, 15) is 14.4 Å². The maximum atomic E-state index is 12.6. The minimum atomic E-state index is -0.807.